The summed E-state index contributed by atoms with van der Waals surface area (Å²) < 4.78 is 7.46. The molecule has 1 amide bonds. The van der Waals surface area contributed by atoms with Crippen molar-refractivity contribution in [2.45, 2.75) is 75.7 Å². The monoisotopic (exact) mass is 437 g/mol. The van der Waals surface area contributed by atoms with Gasteiger partial charge in [-0.15, -0.1) is 0 Å². The summed E-state index contributed by atoms with van der Waals surface area (Å²) in [5, 5.41) is 0. The molecule has 0 aromatic heterocycles. The van der Waals surface area contributed by atoms with Crippen LogP contribution < -0.4 is 4.90 Å². The summed E-state index contributed by atoms with van der Waals surface area (Å²) in [6.07, 6.45) is 0.834. The van der Waals surface area contributed by atoms with Crippen LogP contribution in [0.5, 0.6) is 0 Å². The number of fused-ring (bicyclic) bond motifs is 2. The molecule has 1 aromatic carbocycles. The van der Waals surface area contributed by atoms with Gasteiger partial charge in [-0.25, -0.2) is 0 Å². The summed E-state index contributed by atoms with van der Waals surface area (Å²) >= 11 is 3.58. The SMILES string of the molecule is CC(C)[Si](C(C)C)(C(C)C)[C@@H]1CO[C@@]2(C1)C(=O)N(C)c1ccc(Br)cc12. The number of hydrogen-bond acceptors (Lipinski definition) is 2. The van der Waals surface area contributed by atoms with Gasteiger partial charge in [0.05, 0.1) is 13.8 Å². The Morgan fingerprint density at radius 3 is 2.27 bits per heavy atom. The van der Waals surface area contributed by atoms with Gasteiger partial charge in [0.25, 0.3) is 5.91 Å². The first-order valence-corrected chi connectivity index (χ1v) is 12.9. The predicted molar refractivity (Wildman–Crippen MR) is 115 cm³/mol. The fourth-order valence-electron chi connectivity index (χ4n) is 6.40. The molecule has 3 rings (SSSR count). The van der Waals surface area contributed by atoms with Crippen LogP contribution in [-0.2, 0) is 15.1 Å². The zero-order valence-corrected chi connectivity index (χ0v) is 19.7. The molecule has 1 saturated heterocycles. The highest BCUT2D eigenvalue weighted by Gasteiger charge is 2.61. The summed E-state index contributed by atoms with van der Waals surface area (Å²) in [5.74, 6) is 0.104. The number of ether oxygens (including phenoxy) is 1. The van der Waals surface area contributed by atoms with Crippen LogP contribution >= 0.6 is 15.9 Å². The van der Waals surface area contributed by atoms with E-state index < -0.39 is 13.7 Å². The lowest BCUT2D eigenvalue weighted by atomic mass is 9.92. The normalized spacial score (nSPS) is 26.0. The minimum absolute atomic E-state index is 0.104. The van der Waals surface area contributed by atoms with E-state index in [4.69, 9.17) is 4.74 Å². The van der Waals surface area contributed by atoms with Gasteiger partial charge in [-0.1, -0.05) is 74.1 Å². The highest BCUT2D eigenvalue weighted by atomic mass is 79.9. The van der Waals surface area contributed by atoms with Gasteiger partial charge in [0.1, 0.15) is 0 Å². The van der Waals surface area contributed by atoms with E-state index in [9.17, 15) is 4.79 Å². The van der Waals surface area contributed by atoms with E-state index >= 15 is 0 Å². The topological polar surface area (TPSA) is 29.5 Å². The summed E-state index contributed by atoms with van der Waals surface area (Å²) in [5.41, 5.74) is 3.76. The molecule has 0 bridgehead atoms. The average molecular weight is 438 g/mol. The van der Waals surface area contributed by atoms with Crippen LogP contribution in [0.4, 0.5) is 5.69 Å². The molecule has 2 aliphatic rings. The fraction of sp³-hybridized carbons (Fsp3) is 0.667. The number of halogens is 1. The maximum absolute atomic E-state index is 13.3. The first-order valence-electron chi connectivity index (χ1n) is 9.81. The van der Waals surface area contributed by atoms with Crippen molar-refractivity contribution < 1.29 is 9.53 Å². The molecule has 1 aromatic rings. The molecular weight excluding hydrogens is 406 g/mol. The van der Waals surface area contributed by atoms with Crippen molar-refractivity contribution in [2.24, 2.45) is 0 Å². The van der Waals surface area contributed by atoms with Crippen molar-refractivity contribution in [3.8, 4) is 0 Å². The average Bonchev–Trinajstić information content (AvgIpc) is 3.06. The largest absolute Gasteiger partial charge is 0.360 e. The number of carbonyl (C=O) groups excluding carboxylic acids is 1. The Kier molecular flexibility index (Phi) is 5.21. The number of hydrogen-bond donors (Lipinski definition) is 0. The van der Waals surface area contributed by atoms with Crippen LogP contribution in [0.25, 0.3) is 0 Å². The number of nitrogens with zero attached hydrogens (tertiary/aromatic N) is 1. The number of benzene rings is 1. The molecule has 1 fully saturated rings. The molecule has 3 nitrogen and oxygen atoms in total. The van der Waals surface area contributed by atoms with E-state index in [2.05, 4.69) is 63.5 Å². The second-order valence-corrected chi connectivity index (χ2v) is 16.2. The third-order valence-corrected chi connectivity index (χ3v) is 15.5. The summed E-state index contributed by atoms with van der Waals surface area (Å²) in [7, 11) is 0.192. The maximum Gasteiger partial charge on any atom is 0.263 e. The van der Waals surface area contributed by atoms with E-state index in [0.717, 1.165) is 22.1 Å². The third-order valence-electron chi connectivity index (χ3n) is 7.18. The van der Waals surface area contributed by atoms with E-state index in [1.54, 1.807) is 4.90 Å². The quantitative estimate of drug-likeness (QED) is 0.533. The lowest BCUT2D eigenvalue weighted by Gasteiger charge is -2.47. The first-order chi connectivity index (χ1) is 12.1. The molecule has 0 saturated carbocycles. The summed E-state index contributed by atoms with van der Waals surface area (Å²) in [6.45, 7) is 15.1. The summed E-state index contributed by atoms with van der Waals surface area (Å²) in [4.78, 5) is 15.1. The van der Waals surface area contributed by atoms with Crippen LogP contribution in [0.15, 0.2) is 22.7 Å². The van der Waals surface area contributed by atoms with Crippen LogP contribution in [0.1, 0.15) is 53.5 Å². The Bertz CT molecular complexity index is 696. The minimum atomic E-state index is -1.68. The standard InChI is InChI=1S/C21H32BrNO2Si/c1-13(2)26(14(3)4,15(5)6)17-11-21(25-12-17)18-10-16(22)8-9-19(18)23(7)20(21)24/h8-10,13-15,17H,11-12H2,1-7H3/t17-,21+/m0/s1. The van der Waals surface area contributed by atoms with Gasteiger partial charge in [-0.05, 0) is 30.2 Å². The second kappa shape index (κ2) is 6.75. The predicted octanol–water partition coefficient (Wildman–Crippen LogP) is 6.09. The number of carbonyl (C=O) groups is 1. The first kappa shape index (κ1) is 20.1. The molecule has 2 heterocycles. The van der Waals surface area contributed by atoms with E-state index in [-0.39, 0.29) is 5.91 Å². The molecule has 2 aliphatic heterocycles. The Morgan fingerprint density at radius 1 is 1.15 bits per heavy atom. The van der Waals surface area contributed by atoms with E-state index in [0.29, 0.717) is 28.8 Å². The van der Waals surface area contributed by atoms with Crippen molar-refractivity contribution in [3.63, 3.8) is 0 Å². The smallest absolute Gasteiger partial charge is 0.263 e. The molecule has 2 atom stereocenters. The Hall–Kier alpha value is -0.653. The van der Waals surface area contributed by atoms with Crippen LogP contribution in [-0.4, -0.2) is 27.6 Å². The molecule has 0 radical (unpaired) electrons. The van der Waals surface area contributed by atoms with Crippen molar-refractivity contribution in [1.29, 1.82) is 0 Å². The van der Waals surface area contributed by atoms with Crippen LogP contribution in [0, 0.1) is 0 Å². The minimum Gasteiger partial charge on any atom is -0.360 e. The number of amides is 1. The lowest BCUT2D eigenvalue weighted by Crippen LogP contribution is -2.49. The van der Waals surface area contributed by atoms with E-state index in [1.807, 2.05) is 19.2 Å². The second-order valence-electron chi connectivity index (χ2n) is 9.03. The van der Waals surface area contributed by atoms with Gasteiger partial charge in [0.15, 0.2) is 5.60 Å². The summed E-state index contributed by atoms with van der Waals surface area (Å²) in [6, 6.07) is 6.12. The molecular formula is C21H32BrNO2Si. The van der Waals surface area contributed by atoms with E-state index in [1.165, 1.54) is 0 Å². The fourth-order valence-corrected chi connectivity index (χ4v) is 14.6. The number of anilines is 1. The van der Waals surface area contributed by atoms with Crippen LogP contribution in [0.3, 0.4) is 0 Å². The Labute approximate surface area is 167 Å². The third kappa shape index (κ3) is 2.57. The molecule has 5 heteroatoms. The molecule has 0 N–H and O–H groups in total. The van der Waals surface area contributed by atoms with Gasteiger partial charge >= 0.3 is 0 Å². The molecule has 26 heavy (non-hydrogen) atoms. The number of likely N-dealkylation sites (N-methyl/N-ethyl adjacent to an activating group) is 1. The zero-order valence-electron chi connectivity index (χ0n) is 17.1. The van der Waals surface area contributed by atoms with Crippen molar-refractivity contribution in [1.82, 2.24) is 0 Å². The van der Waals surface area contributed by atoms with Gasteiger partial charge in [-0.2, -0.15) is 0 Å². The van der Waals surface area contributed by atoms with Crippen molar-refractivity contribution in [2.75, 3.05) is 18.6 Å². The van der Waals surface area contributed by atoms with Gasteiger partial charge in [0.2, 0.25) is 0 Å². The lowest BCUT2D eigenvalue weighted by molar-refractivity contribution is -0.137. The maximum atomic E-state index is 13.3. The van der Waals surface area contributed by atoms with Crippen molar-refractivity contribution >= 4 is 35.6 Å². The van der Waals surface area contributed by atoms with Gasteiger partial charge < -0.3 is 9.64 Å². The highest BCUT2D eigenvalue weighted by Crippen LogP contribution is 2.59. The molecule has 0 aliphatic carbocycles. The molecule has 1 spiro atoms. The van der Waals surface area contributed by atoms with Crippen LogP contribution in [0.2, 0.25) is 22.2 Å². The molecule has 0 unspecified atom stereocenters. The molecule has 144 valence electrons. The Morgan fingerprint density at radius 2 is 1.73 bits per heavy atom. The Balaban J connectivity index is 2.08. The van der Waals surface area contributed by atoms with Crippen molar-refractivity contribution in [3.05, 3.63) is 28.2 Å². The number of rotatable bonds is 4. The van der Waals surface area contributed by atoms with Gasteiger partial charge in [0, 0.05) is 23.7 Å². The zero-order chi connectivity index (χ0) is 19.4. The van der Waals surface area contributed by atoms with Gasteiger partial charge in [-0.3, -0.25) is 4.79 Å². The highest BCUT2D eigenvalue weighted by molar-refractivity contribution is 9.10.